The third-order valence-corrected chi connectivity index (χ3v) is 5.54. The van der Waals surface area contributed by atoms with E-state index >= 15 is 0 Å². The number of rotatable bonds is 7. The Balaban J connectivity index is 1.26. The zero-order chi connectivity index (χ0) is 20.1. The van der Waals surface area contributed by atoms with E-state index in [-0.39, 0.29) is 5.69 Å². The third-order valence-electron chi connectivity index (χ3n) is 5.54. The first-order valence-corrected chi connectivity index (χ1v) is 10.0. The molecule has 1 fully saturated rings. The first-order valence-electron chi connectivity index (χ1n) is 10.0. The molecular formula is C22H24N4O3. The van der Waals surface area contributed by atoms with Crippen LogP contribution in [-0.2, 0) is 13.0 Å². The average Bonchev–Trinajstić information content (AvgIpc) is 3.22. The molecule has 150 valence electrons. The van der Waals surface area contributed by atoms with Gasteiger partial charge in [-0.1, -0.05) is 30.3 Å². The lowest BCUT2D eigenvalue weighted by Gasteiger charge is -2.31. The van der Waals surface area contributed by atoms with Crippen LogP contribution in [0.25, 0.3) is 11.5 Å². The minimum Gasteiger partial charge on any atom is -0.419 e. The fourth-order valence-electron chi connectivity index (χ4n) is 3.80. The van der Waals surface area contributed by atoms with Crippen molar-refractivity contribution in [2.24, 2.45) is 5.92 Å². The quantitative estimate of drug-likeness (QED) is 0.435. The van der Waals surface area contributed by atoms with Crippen LogP contribution in [0.15, 0.2) is 59.0 Å². The number of hydrogen-bond donors (Lipinski definition) is 0. The molecule has 1 aromatic heterocycles. The summed E-state index contributed by atoms with van der Waals surface area (Å²) in [6.07, 6.45) is 4.77. The molecule has 0 unspecified atom stereocenters. The monoisotopic (exact) mass is 392 g/mol. The van der Waals surface area contributed by atoms with Gasteiger partial charge in [0, 0.05) is 17.7 Å². The molecule has 0 atom stereocenters. The second-order valence-corrected chi connectivity index (χ2v) is 7.55. The van der Waals surface area contributed by atoms with Crippen molar-refractivity contribution in [1.82, 2.24) is 15.1 Å². The molecular weight excluding hydrogens is 368 g/mol. The van der Waals surface area contributed by atoms with Crippen LogP contribution in [0.1, 0.15) is 30.7 Å². The number of nitrogens with zero attached hydrogens (tertiary/aromatic N) is 4. The molecule has 0 saturated carbocycles. The molecule has 29 heavy (non-hydrogen) atoms. The van der Waals surface area contributed by atoms with Crippen molar-refractivity contribution in [3.8, 4) is 11.5 Å². The summed E-state index contributed by atoms with van der Waals surface area (Å²) in [4.78, 5) is 12.7. The van der Waals surface area contributed by atoms with Crippen LogP contribution in [-0.4, -0.2) is 33.1 Å². The maximum atomic E-state index is 10.8. The summed E-state index contributed by atoms with van der Waals surface area (Å²) in [5.41, 5.74) is 2.15. The third kappa shape index (κ3) is 5.06. The van der Waals surface area contributed by atoms with Gasteiger partial charge in [0.15, 0.2) is 0 Å². The van der Waals surface area contributed by atoms with E-state index < -0.39 is 4.92 Å². The fraction of sp³-hybridized carbons (Fsp3) is 0.364. The van der Waals surface area contributed by atoms with Crippen molar-refractivity contribution >= 4 is 5.69 Å². The Bertz CT molecular complexity index is 932. The van der Waals surface area contributed by atoms with Gasteiger partial charge >= 0.3 is 0 Å². The molecule has 2 aromatic carbocycles. The number of nitro benzene ring substituents is 1. The summed E-state index contributed by atoms with van der Waals surface area (Å²) in [5.74, 6) is 1.75. The molecule has 0 spiro atoms. The van der Waals surface area contributed by atoms with E-state index in [1.807, 2.05) is 0 Å². The molecule has 4 rings (SSSR count). The Morgan fingerprint density at radius 1 is 1.03 bits per heavy atom. The number of aromatic nitrogens is 2. The van der Waals surface area contributed by atoms with Crippen LogP contribution in [0.5, 0.6) is 0 Å². The second kappa shape index (κ2) is 8.96. The van der Waals surface area contributed by atoms with E-state index in [4.69, 9.17) is 4.42 Å². The Hall–Kier alpha value is -3.06. The molecule has 7 nitrogen and oxygen atoms in total. The summed E-state index contributed by atoms with van der Waals surface area (Å²) in [6.45, 7) is 2.72. The predicted octanol–water partition coefficient (Wildman–Crippen LogP) is 4.49. The van der Waals surface area contributed by atoms with Gasteiger partial charge < -0.3 is 4.42 Å². The SMILES string of the molecule is O=[N+]([O-])c1ccc(-c2nnc(CN3CCC(CCc4ccccc4)CC3)o2)cc1. The number of likely N-dealkylation sites (tertiary alicyclic amines) is 1. The van der Waals surface area contributed by atoms with Crippen LogP contribution < -0.4 is 0 Å². The Kier molecular flexibility index (Phi) is 5.95. The standard InChI is InChI=1S/C22H24N4O3/c27-26(28)20-10-8-19(9-11-20)22-24-23-21(29-22)16-25-14-12-18(13-15-25)7-6-17-4-2-1-3-5-17/h1-5,8-11,18H,6-7,12-16H2. The lowest BCUT2D eigenvalue weighted by molar-refractivity contribution is -0.384. The molecule has 3 aromatic rings. The van der Waals surface area contributed by atoms with Crippen LogP contribution in [0.3, 0.4) is 0 Å². The summed E-state index contributed by atoms with van der Waals surface area (Å²) in [6, 6.07) is 16.8. The highest BCUT2D eigenvalue weighted by atomic mass is 16.6. The molecule has 0 amide bonds. The normalized spacial score (nSPS) is 15.4. The summed E-state index contributed by atoms with van der Waals surface area (Å²) in [5, 5.41) is 19.0. The number of non-ortho nitro benzene ring substituents is 1. The number of piperidine rings is 1. The smallest absolute Gasteiger partial charge is 0.269 e. The van der Waals surface area contributed by atoms with Gasteiger partial charge in [-0.2, -0.15) is 0 Å². The highest BCUT2D eigenvalue weighted by Gasteiger charge is 2.21. The molecule has 0 N–H and O–H groups in total. The molecule has 0 radical (unpaired) electrons. The van der Waals surface area contributed by atoms with Gasteiger partial charge in [-0.25, -0.2) is 0 Å². The fourth-order valence-corrected chi connectivity index (χ4v) is 3.80. The maximum Gasteiger partial charge on any atom is 0.269 e. The van der Waals surface area contributed by atoms with Crippen molar-refractivity contribution in [1.29, 1.82) is 0 Å². The molecule has 1 saturated heterocycles. The zero-order valence-corrected chi connectivity index (χ0v) is 16.2. The van der Waals surface area contributed by atoms with Gasteiger partial charge in [0.25, 0.3) is 5.69 Å². The van der Waals surface area contributed by atoms with Gasteiger partial charge in [-0.05, 0) is 62.4 Å². The molecule has 1 aliphatic rings. The summed E-state index contributed by atoms with van der Waals surface area (Å²) in [7, 11) is 0. The van der Waals surface area contributed by atoms with Gasteiger partial charge in [0.05, 0.1) is 11.5 Å². The zero-order valence-electron chi connectivity index (χ0n) is 16.2. The molecule has 0 aliphatic carbocycles. The van der Waals surface area contributed by atoms with E-state index in [1.165, 1.54) is 37.0 Å². The van der Waals surface area contributed by atoms with Crippen LogP contribution in [0, 0.1) is 16.0 Å². The minimum absolute atomic E-state index is 0.0450. The molecule has 0 bridgehead atoms. The first kappa shape index (κ1) is 19.3. The van der Waals surface area contributed by atoms with E-state index in [0.29, 0.717) is 23.9 Å². The van der Waals surface area contributed by atoms with E-state index in [9.17, 15) is 10.1 Å². The van der Waals surface area contributed by atoms with Crippen molar-refractivity contribution < 1.29 is 9.34 Å². The van der Waals surface area contributed by atoms with E-state index in [0.717, 1.165) is 25.4 Å². The van der Waals surface area contributed by atoms with Crippen molar-refractivity contribution in [3.63, 3.8) is 0 Å². The highest BCUT2D eigenvalue weighted by Crippen LogP contribution is 2.25. The Morgan fingerprint density at radius 3 is 2.45 bits per heavy atom. The molecule has 1 aliphatic heterocycles. The van der Waals surface area contributed by atoms with Crippen molar-refractivity contribution in [2.75, 3.05) is 13.1 Å². The Labute approximate surface area is 169 Å². The number of hydrogen-bond acceptors (Lipinski definition) is 6. The lowest BCUT2D eigenvalue weighted by Crippen LogP contribution is -2.33. The van der Waals surface area contributed by atoms with Crippen LogP contribution >= 0.6 is 0 Å². The van der Waals surface area contributed by atoms with Gasteiger partial charge in [-0.3, -0.25) is 15.0 Å². The first-order chi connectivity index (χ1) is 14.2. The lowest BCUT2D eigenvalue weighted by atomic mass is 9.90. The molecule has 2 heterocycles. The number of nitro groups is 1. The van der Waals surface area contributed by atoms with E-state index in [2.05, 4.69) is 45.4 Å². The Morgan fingerprint density at radius 2 is 1.76 bits per heavy atom. The van der Waals surface area contributed by atoms with E-state index in [1.54, 1.807) is 12.1 Å². The maximum absolute atomic E-state index is 10.8. The van der Waals surface area contributed by atoms with Gasteiger partial charge in [0.1, 0.15) is 0 Å². The predicted molar refractivity (Wildman–Crippen MR) is 109 cm³/mol. The minimum atomic E-state index is -0.424. The van der Waals surface area contributed by atoms with Gasteiger partial charge in [-0.15, -0.1) is 10.2 Å². The van der Waals surface area contributed by atoms with Gasteiger partial charge in [0.2, 0.25) is 11.8 Å². The molecule has 7 heteroatoms. The van der Waals surface area contributed by atoms with Crippen molar-refractivity contribution in [3.05, 3.63) is 76.2 Å². The topological polar surface area (TPSA) is 85.3 Å². The average molecular weight is 392 g/mol. The van der Waals surface area contributed by atoms with Crippen LogP contribution in [0.2, 0.25) is 0 Å². The summed E-state index contributed by atoms with van der Waals surface area (Å²) < 4.78 is 5.77. The second-order valence-electron chi connectivity index (χ2n) is 7.55. The van der Waals surface area contributed by atoms with Crippen molar-refractivity contribution in [2.45, 2.75) is 32.2 Å². The highest BCUT2D eigenvalue weighted by molar-refractivity contribution is 5.55. The number of aryl methyl sites for hydroxylation is 1. The number of benzene rings is 2. The summed E-state index contributed by atoms with van der Waals surface area (Å²) >= 11 is 0. The van der Waals surface area contributed by atoms with Crippen LogP contribution in [0.4, 0.5) is 5.69 Å². The largest absolute Gasteiger partial charge is 0.419 e.